The van der Waals surface area contributed by atoms with Crippen LogP contribution in [-0.4, -0.2) is 45.8 Å². The highest BCUT2D eigenvalue weighted by Crippen LogP contribution is 2.48. The summed E-state index contributed by atoms with van der Waals surface area (Å²) >= 11 is 0. The summed E-state index contributed by atoms with van der Waals surface area (Å²) in [5.41, 5.74) is -0.626. The Labute approximate surface area is 242 Å². The molecule has 1 saturated heterocycles. The molecule has 1 aliphatic heterocycles. The zero-order chi connectivity index (χ0) is 30.1. The Hall–Kier alpha value is -4.18. The van der Waals surface area contributed by atoms with Gasteiger partial charge in [0.15, 0.2) is 11.6 Å². The van der Waals surface area contributed by atoms with Gasteiger partial charge in [0.05, 0.1) is 11.0 Å². The molecule has 0 bridgehead atoms. The fourth-order valence-electron chi connectivity index (χ4n) is 5.47. The number of urea groups is 1. The standard InChI is InChI=1S/C32H34F2N2O6/c1-20(2)19-31(40)11-13-36(14-12-31)30(39)35-23-16-25(18-26(17-23)42-28-8-5-22(33)15-27(28)34)41-24-6-3-21(4-7-24)32(9-10-32)29(37)38/h3-8,15-18,20,40H,9-14,19H2,1-2H3,(H,35,39)(H,37,38). The second kappa shape index (κ2) is 11.6. The lowest BCUT2D eigenvalue weighted by Crippen LogP contribution is -2.48. The summed E-state index contributed by atoms with van der Waals surface area (Å²) in [6.07, 6.45) is 2.77. The molecule has 3 aromatic rings. The number of ether oxygens (including phenoxy) is 2. The lowest BCUT2D eigenvalue weighted by Gasteiger charge is -2.39. The minimum Gasteiger partial charge on any atom is -0.481 e. The summed E-state index contributed by atoms with van der Waals surface area (Å²) in [5.74, 6) is -1.54. The Kier molecular flexibility index (Phi) is 8.10. The zero-order valence-corrected chi connectivity index (χ0v) is 23.5. The molecule has 0 atom stereocenters. The minimum absolute atomic E-state index is 0.137. The van der Waals surface area contributed by atoms with E-state index in [-0.39, 0.29) is 23.3 Å². The smallest absolute Gasteiger partial charge is 0.321 e. The number of amides is 2. The van der Waals surface area contributed by atoms with E-state index in [1.807, 2.05) is 0 Å². The highest BCUT2D eigenvalue weighted by atomic mass is 19.1. The van der Waals surface area contributed by atoms with Gasteiger partial charge < -0.3 is 29.9 Å². The predicted molar refractivity (Wildman–Crippen MR) is 152 cm³/mol. The van der Waals surface area contributed by atoms with Crippen LogP contribution < -0.4 is 14.8 Å². The molecule has 0 aromatic heterocycles. The molecule has 3 N–H and O–H groups in total. The molecule has 1 heterocycles. The average molecular weight is 581 g/mol. The van der Waals surface area contributed by atoms with Gasteiger partial charge in [0.25, 0.3) is 0 Å². The summed E-state index contributed by atoms with van der Waals surface area (Å²) in [7, 11) is 0. The molecule has 2 fully saturated rings. The number of hydrogen-bond donors (Lipinski definition) is 3. The van der Waals surface area contributed by atoms with E-state index in [0.29, 0.717) is 74.2 Å². The molecule has 10 heteroatoms. The number of aliphatic carboxylic acids is 1. The van der Waals surface area contributed by atoms with Gasteiger partial charge in [0, 0.05) is 43.0 Å². The van der Waals surface area contributed by atoms with E-state index in [1.54, 1.807) is 35.2 Å². The van der Waals surface area contributed by atoms with Crippen LogP contribution in [0.15, 0.2) is 60.7 Å². The summed E-state index contributed by atoms with van der Waals surface area (Å²) in [6, 6.07) is 13.9. The Morgan fingerprint density at radius 3 is 2.12 bits per heavy atom. The molecule has 0 radical (unpaired) electrons. The topological polar surface area (TPSA) is 108 Å². The van der Waals surface area contributed by atoms with E-state index < -0.39 is 28.6 Å². The Bertz CT molecular complexity index is 1460. The van der Waals surface area contributed by atoms with Gasteiger partial charge in [-0.25, -0.2) is 13.6 Å². The molecule has 0 unspecified atom stereocenters. The third-order valence-electron chi connectivity index (χ3n) is 7.82. The van der Waals surface area contributed by atoms with E-state index >= 15 is 0 Å². The minimum atomic E-state index is -0.892. The average Bonchev–Trinajstić information content (AvgIpc) is 3.73. The maximum Gasteiger partial charge on any atom is 0.321 e. The maximum absolute atomic E-state index is 14.3. The summed E-state index contributed by atoms with van der Waals surface area (Å²) in [6.45, 7) is 4.88. The lowest BCUT2D eigenvalue weighted by atomic mass is 9.84. The van der Waals surface area contributed by atoms with Crippen LogP contribution in [0.1, 0.15) is 51.5 Å². The van der Waals surface area contributed by atoms with Crippen molar-refractivity contribution in [1.29, 1.82) is 0 Å². The number of aliphatic hydroxyl groups is 1. The van der Waals surface area contributed by atoms with Crippen molar-refractivity contribution in [1.82, 2.24) is 4.90 Å². The number of nitrogens with one attached hydrogen (secondary N) is 1. The van der Waals surface area contributed by atoms with Gasteiger partial charge in [-0.3, -0.25) is 4.79 Å². The second-order valence-corrected chi connectivity index (χ2v) is 11.6. The first-order chi connectivity index (χ1) is 19.9. The number of carboxylic acid groups (broad SMARTS) is 1. The summed E-state index contributed by atoms with van der Waals surface area (Å²) in [4.78, 5) is 26.4. The van der Waals surface area contributed by atoms with Crippen LogP contribution in [0.4, 0.5) is 19.3 Å². The number of carboxylic acids is 1. The largest absolute Gasteiger partial charge is 0.481 e. The maximum atomic E-state index is 14.3. The number of benzene rings is 3. The van der Waals surface area contributed by atoms with Gasteiger partial charge in [-0.05, 0) is 67.9 Å². The first kappa shape index (κ1) is 29.3. The van der Waals surface area contributed by atoms with Crippen molar-refractivity contribution >= 4 is 17.7 Å². The molecule has 222 valence electrons. The molecule has 1 saturated carbocycles. The molecule has 1 aliphatic carbocycles. The zero-order valence-electron chi connectivity index (χ0n) is 23.5. The number of halogens is 2. The van der Waals surface area contributed by atoms with Crippen molar-refractivity contribution in [2.24, 2.45) is 5.92 Å². The van der Waals surface area contributed by atoms with Crippen LogP contribution in [0.3, 0.4) is 0 Å². The van der Waals surface area contributed by atoms with Gasteiger partial charge in [-0.2, -0.15) is 0 Å². The molecule has 42 heavy (non-hydrogen) atoms. The molecule has 2 aliphatic rings. The Morgan fingerprint density at radius 2 is 1.55 bits per heavy atom. The number of rotatable bonds is 9. The summed E-state index contributed by atoms with van der Waals surface area (Å²) < 4.78 is 39.5. The number of piperidine rings is 1. The van der Waals surface area contributed by atoms with Crippen LogP contribution in [0.5, 0.6) is 23.0 Å². The predicted octanol–water partition coefficient (Wildman–Crippen LogP) is 7.07. The lowest BCUT2D eigenvalue weighted by molar-refractivity contribution is -0.140. The molecule has 5 rings (SSSR count). The van der Waals surface area contributed by atoms with Crippen molar-refractivity contribution in [3.63, 3.8) is 0 Å². The van der Waals surface area contributed by atoms with Gasteiger partial charge >= 0.3 is 12.0 Å². The fraction of sp³-hybridized carbons (Fsp3) is 0.375. The molecular weight excluding hydrogens is 546 g/mol. The SMILES string of the molecule is CC(C)CC1(O)CCN(C(=O)Nc2cc(Oc3ccc(C4(C(=O)O)CC4)cc3)cc(Oc3ccc(F)cc3F)c2)CC1. The van der Waals surface area contributed by atoms with E-state index in [9.17, 15) is 28.6 Å². The first-order valence-electron chi connectivity index (χ1n) is 14.0. The normalized spacial score (nSPS) is 17.0. The van der Waals surface area contributed by atoms with Gasteiger partial charge in [0.2, 0.25) is 0 Å². The number of nitrogens with zero attached hydrogens (tertiary/aromatic N) is 1. The Morgan fingerprint density at radius 1 is 0.905 bits per heavy atom. The van der Waals surface area contributed by atoms with Crippen molar-refractivity contribution in [3.05, 3.63) is 77.9 Å². The van der Waals surface area contributed by atoms with E-state index in [2.05, 4.69) is 19.2 Å². The number of hydrogen-bond acceptors (Lipinski definition) is 5. The van der Waals surface area contributed by atoms with Gasteiger partial charge in [0.1, 0.15) is 23.1 Å². The van der Waals surface area contributed by atoms with Crippen molar-refractivity contribution in [3.8, 4) is 23.0 Å². The number of likely N-dealkylation sites (tertiary alicyclic amines) is 1. The summed E-state index contributed by atoms with van der Waals surface area (Å²) in [5, 5.41) is 23.2. The Balaban J connectivity index is 1.35. The van der Waals surface area contributed by atoms with E-state index in [1.165, 1.54) is 12.1 Å². The number of carbonyl (C=O) groups excluding carboxylic acids is 1. The quantitative estimate of drug-likeness (QED) is 0.250. The van der Waals surface area contributed by atoms with Crippen molar-refractivity contribution < 1.29 is 38.1 Å². The van der Waals surface area contributed by atoms with Crippen LogP contribution in [0.2, 0.25) is 0 Å². The first-order valence-corrected chi connectivity index (χ1v) is 14.0. The van der Waals surface area contributed by atoms with Crippen LogP contribution in [0.25, 0.3) is 0 Å². The highest BCUT2D eigenvalue weighted by Gasteiger charge is 2.51. The molecule has 8 nitrogen and oxygen atoms in total. The molecule has 0 spiro atoms. The van der Waals surface area contributed by atoms with Crippen molar-refractivity contribution in [2.45, 2.75) is 57.0 Å². The highest BCUT2D eigenvalue weighted by molar-refractivity contribution is 5.90. The fourth-order valence-corrected chi connectivity index (χ4v) is 5.47. The van der Waals surface area contributed by atoms with Crippen molar-refractivity contribution in [2.75, 3.05) is 18.4 Å². The molecular formula is C32H34F2N2O6. The van der Waals surface area contributed by atoms with Crippen LogP contribution in [0, 0.1) is 17.6 Å². The van der Waals surface area contributed by atoms with Gasteiger partial charge in [-0.15, -0.1) is 0 Å². The molecule has 3 aromatic carbocycles. The molecule has 2 amide bonds. The van der Waals surface area contributed by atoms with E-state index in [4.69, 9.17) is 9.47 Å². The number of carbonyl (C=O) groups is 2. The monoisotopic (exact) mass is 580 g/mol. The third-order valence-corrected chi connectivity index (χ3v) is 7.82. The van der Waals surface area contributed by atoms with E-state index in [0.717, 1.165) is 12.1 Å². The van der Waals surface area contributed by atoms with Gasteiger partial charge in [-0.1, -0.05) is 26.0 Å². The van der Waals surface area contributed by atoms with Crippen LogP contribution in [-0.2, 0) is 10.2 Å². The second-order valence-electron chi connectivity index (χ2n) is 11.6. The number of anilines is 1. The van der Waals surface area contributed by atoms with Crippen LogP contribution >= 0.6 is 0 Å². The third kappa shape index (κ3) is 6.65.